The molecule has 0 N–H and O–H groups in total. The molecule has 0 amide bonds. The molecule has 16 heavy (non-hydrogen) atoms. The number of carbonyl (C=O) groups excluding carboxylic acids is 2. The van der Waals surface area contributed by atoms with Crippen LogP contribution in [0.5, 0.6) is 0 Å². The number of carbonyl (C=O) groups is 2. The summed E-state index contributed by atoms with van der Waals surface area (Å²) in [6.45, 7) is 1.68. The zero-order valence-corrected chi connectivity index (χ0v) is 9.77. The molecular weight excluding hydrogens is 231 g/mol. The summed E-state index contributed by atoms with van der Waals surface area (Å²) >= 11 is 1.20. The molecule has 0 spiro atoms. The number of halogens is 1. The van der Waals surface area contributed by atoms with E-state index in [0.29, 0.717) is 4.90 Å². The summed E-state index contributed by atoms with van der Waals surface area (Å²) in [6.07, 6.45) is 1.71. The second-order valence-electron chi connectivity index (χ2n) is 2.87. The summed E-state index contributed by atoms with van der Waals surface area (Å²) in [4.78, 5) is 23.3. The summed E-state index contributed by atoms with van der Waals surface area (Å²) < 4.78 is 18.0. The fourth-order valence-electron chi connectivity index (χ4n) is 1.19. The van der Waals surface area contributed by atoms with Crippen LogP contribution >= 0.6 is 11.8 Å². The Kier molecular flexibility index (Phi) is 4.49. The van der Waals surface area contributed by atoms with E-state index in [1.54, 1.807) is 19.2 Å². The Labute approximate surface area is 97.0 Å². The van der Waals surface area contributed by atoms with Gasteiger partial charge in [0.2, 0.25) is 0 Å². The fraction of sp³-hybridized carbons (Fsp3) is 0.273. The van der Waals surface area contributed by atoms with E-state index in [1.807, 2.05) is 0 Å². The van der Waals surface area contributed by atoms with Crippen molar-refractivity contribution in [3.05, 3.63) is 29.6 Å². The number of ether oxygens (including phenoxy) is 1. The van der Waals surface area contributed by atoms with Gasteiger partial charge in [0.1, 0.15) is 5.82 Å². The van der Waals surface area contributed by atoms with Crippen LogP contribution in [0.4, 0.5) is 4.39 Å². The number of Topliss-reactive ketones (excluding diaryl/α,β-unsaturated/α-hetero) is 1. The molecule has 0 unspecified atom stereocenters. The second kappa shape index (κ2) is 5.65. The molecular formula is C11H11FO3S. The average Bonchev–Trinajstić information content (AvgIpc) is 2.28. The average molecular weight is 242 g/mol. The molecule has 0 bridgehead atoms. The third-order valence-electron chi connectivity index (χ3n) is 1.88. The van der Waals surface area contributed by atoms with Gasteiger partial charge in [-0.1, -0.05) is 6.07 Å². The molecule has 0 saturated carbocycles. The highest BCUT2D eigenvalue weighted by Crippen LogP contribution is 2.23. The van der Waals surface area contributed by atoms with Gasteiger partial charge < -0.3 is 4.74 Å². The van der Waals surface area contributed by atoms with E-state index in [1.165, 1.54) is 17.8 Å². The largest absolute Gasteiger partial charge is 0.460 e. The SMILES string of the molecule is CCOC(=O)C(=O)c1c(F)cccc1SC. The first-order chi connectivity index (χ1) is 7.61. The number of esters is 1. The standard InChI is InChI=1S/C11H11FO3S/c1-3-15-11(14)10(13)9-7(12)5-4-6-8(9)16-2/h4-6H,3H2,1-2H3. The quantitative estimate of drug-likeness (QED) is 0.351. The first-order valence-corrected chi connectivity index (χ1v) is 5.88. The van der Waals surface area contributed by atoms with E-state index in [2.05, 4.69) is 4.74 Å². The minimum Gasteiger partial charge on any atom is -0.460 e. The van der Waals surface area contributed by atoms with Gasteiger partial charge >= 0.3 is 5.97 Å². The van der Waals surface area contributed by atoms with Crippen LogP contribution in [0.1, 0.15) is 17.3 Å². The number of hydrogen-bond acceptors (Lipinski definition) is 4. The van der Waals surface area contributed by atoms with Crippen LogP contribution in [0.15, 0.2) is 23.1 Å². The lowest BCUT2D eigenvalue weighted by atomic mass is 10.1. The van der Waals surface area contributed by atoms with Crippen LogP contribution in [-0.4, -0.2) is 24.6 Å². The van der Waals surface area contributed by atoms with Crippen LogP contribution in [0, 0.1) is 5.82 Å². The highest BCUT2D eigenvalue weighted by atomic mass is 32.2. The highest BCUT2D eigenvalue weighted by molar-refractivity contribution is 7.98. The van der Waals surface area contributed by atoms with Gasteiger partial charge in [-0.2, -0.15) is 0 Å². The van der Waals surface area contributed by atoms with Gasteiger partial charge in [-0.05, 0) is 25.3 Å². The number of hydrogen-bond donors (Lipinski definition) is 0. The van der Waals surface area contributed by atoms with Crippen molar-refractivity contribution in [2.24, 2.45) is 0 Å². The van der Waals surface area contributed by atoms with Crippen molar-refractivity contribution in [3.8, 4) is 0 Å². The third kappa shape index (κ3) is 2.61. The predicted octanol–water partition coefficient (Wildman–Crippen LogP) is 2.29. The van der Waals surface area contributed by atoms with Gasteiger partial charge in [0.15, 0.2) is 0 Å². The first kappa shape index (κ1) is 12.7. The van der Waals surface area contributed by atoms with Crippen molar-refractivity contribution in [2.75, 3.05) is 12.9 Å². The van der Waals surface area contributed by atoms with E-state index in [-0.39, 0.29) is 12.2 Å². The van der Waals surface area contributed by atoms with E-state index < -0.39 is 17.6 Å². The molecule has 0 aliphatic heterocycles. The van der Waals surface area contributed by atoms with Crippen LogP contribution in [-0.2, 0) is 9.53 Å². The maximum atomic E-state index is 13.4. The zero-order chi connectivity index (χ0) is 12.1. The molecule has 1 rings (SSSR count). The zero-order valence-electron chi connectivity index (χ0n) is 8.95. The molecule has 5 heteroatoms. The maximum absolute atomic E-state index is 13.4. The first-order valence-electron chi connectivity index (χ1n) is 4.65. The lowest BCUT2D eigenvalue weighted by molar-refractivity contribution is -0.137. The second-order valence-corrected chi connectivity index (χ2v) is 3.71. The smallest absolute Gasteiger partial charge is 0.379 e. The molecule has 0 heterocycles. The van der Waals surface area contributed by atoms with E-state index in [0.717, 1.165) is 6.07 Å². The van der Waals surface area contributed by atoms with Crippen LogP contribution in [0.2, 0.25) is 0 Å². The van der Waals surface area contributed by atoms with E-state index in [4.69, 9.17) is 0 Å². The third-order valence-corrected chi connectivity index (χ3v) is 2.66. The lowest BCUT2D eigenvalue weighted by Gasteiger charge is -2.06. The summed E-state index contributed by atoms with van der Waals surface area (Å²) in [5, 5.41) is 0. The molecule has 1 aromatic carbocycles. The summed E-state index contributed by atoms with van der Waals surface area (Å²) in [5.74, 6) is -2.67. The Balaban J connectivity index is 3.12. The molecule has 0 atom stereocenters. The fourth-order valence-corrected chi connectivity index (χ4v) is 1.80. The van der Waals surface area contributed by atoms with Crippen molar-refractivity contribution in [3.63, 3.8) is 0 Å². The van der Waals surface area contributed by atoms with Gasteiger partial charge in [0, 0.05) is 4.90 Å². The molecule has 0 fully saturated rings. The molecule has 0 aliphatic carbocycles. The Morgan fingerprint density at radius 1 is 1.44 bits per heavy atom. The Bertz CT molecular complexity index is 418. The molecule has 0 radical (unpaired) electrons. The Morgan fingerprint density at radius 3 is 2.69 bits per heavy atom. The summed E-state index contributed by atoms with van der Waals surface area (Å²) in [7, 11) is 0. The van der Waals surface area contributed by atoms with Crippen molar-refractivity contribution in [2.45, 2.75) is 11.8 Å². The monoisotopic (exact) mass is 242 g/mol. The van der Waals surface area contributed by atoms with Crippen LogP contribution in [0.25, 0.3) is 0 Å². The van der Waals surface area contributed by atoms with Crippen molar-refractivity contribution < 1.29 is 18.7 Å². The maximum Gasteiger partial charge on any atom is 0.379 e. The highest BCUT2D eigenvalue weighted by Gasteiger charge is 2.24. The number of rotatable bonds is 4. The van der Waals surface area contributed by atoms with E-state index >= 15 is 0 Å². The van der Waals surface area contributed by atoms with Crippen molar-refractivity contribution in [1.82, 2.24) is 0 Å². The Morgan fingerprint density at radius 2 is 2.12 bits per heavy atom. The molecule has 1 aromatic rings. The summed E-state index contributed by atoms with van der Waals surface area (Å²) in [6, 6.07) is 4.22. The van der Waals surface area contributed by atoms with Crippen LogP contribution < -0.4 is 0 Å². The molecule has 3 nitrogen and oxygen atoms in total. The molecule has 0 saturated heterocycles. The van der Waals surface area contributed by atoms with Gasteiger partial charge in [-0.25, -0.2) is 9.18 Å². The predicted molar refractivity (Wildman–Crippen MR) is 59.1 cm³/mol. The van der Waals surface area contributed by atoms with Crippen molar-refractivity contribution >= 4 is 23.5 Å². The minimum atomic E-state index is -1.03. The van der Waals surface area contributed by atoms with Gasteiger partial charge in [-0.15, -0.1) is 11.8 Å². The van der Waals surface area contributed by atoms with Crippen LogP contribution in [0.3, 0.4) is 0 Å². The van der Waals surface area contributed by atoms with Gasteiger partial charge in [-0.3, -0.25) is 4.79 Å². The normalized spacial score (nSPS) is 9.94. The molecule has 0 aliphatic rings. The van der Waals surface area contributed by atoms with E-state index in [9.17, 15) is 14.0 Å². The number of benzene rings is 1. The molecule has 0 aromatic heterocycles. The Hall–Kier alpha value is -1.36. The lowest BCUT2D eigenvalue weighted by Crippen LogP contribution is -2.19. The van der Waals surface area contributed by atoms with Gasteiger partial charge in [0.05, 0.1) is 12.2 Å². The topological polar surface area (TPSA) is 43.4 Å². The minimum absolute atomic E-state index is 0.0909. The number of ketones is 1. The number of thioether (sulfide) groups is 1. The summed E-state index contributed by atoms with van der Waals surface area (Å²) in [5.41, 5.74) is -0.214. The van der Waals surface area contributed by atoms with Crippen molar-refractivity contribution in [1.29, 1.82) is 0 Å². The molecule has 86 valence electrons. The van der Waals surface area contributed by atoms with Gasteiger partial charge in [0.25, 0.3) is 5.78 Å².